The maximum atomic E-state index is 5.62. The molecule has 0 radical (unpaired) electrons. The molecule has 1 aliphatic heterocycles. The van der Waals surface area contributed by atoms with Crippen molar-refractivity contribution in [1.82, 2.24) is 0 Å². The van der Waals surface area contributed by atoms with Crippen LogP contribution in [0.25, 0.3) is 0 Å². The second-order valence-electron chi connectivity index (χ2n) is 2.36. The van der Waals surface area contributed by atoms with Crippen molar-refractivity contribution >= 4 is 11.6 Å². The highest BCUT2D eigenvalue weighted by Crippen LogP contribution is 2.29. The molecular weight excluding hydrogens is 148 g/mol. The van der Waals surface area contributed by atoms with E-state index in [4.69, 9.17) is 16.3 Å². The summed E-state index contributed by atoms with van der Waals surface area (Å²) in [5.74, 6) is 1.56. The Morgan fingerprint density at radius 2 is 2.40 bits per heavy atom. The third kappa shape index (κ3) is 0.781. The summed E-state index contributed by atoms with van der Waals surface area (Å²) in [7, 11) is 0. The lowest BCUT2D eigenvalue weighted by atomic mass is 10.1. The number of hydrogen-bond donors (Lipinski definition) is 0. The monoisotopic (exact) mass is 154 g/mol. The van der Waals surface area contributed by atoms with Crippen molar-refractivity contribution in [3.63, 3.8) is 0 Å². The van der Waals surface area contributed by atoms with Crippen molar-refractivity contribution in [3.8, 4) is 5.75 Å². The molecule has 1 aliphatic rings. The second kappa shape index (κ2) is 2.17. The minimum absolute atomic E-state index is 0.566. The lowest BCUT2D eigenvalue weighted by Gasteiger charge is -2.20. The molecule has 0 N–H and O–H groups in total. The Kier molecular flexibility index (Phi) is 1.31. The van der Waals surface area contributed by atoms with Gasteiger partial charge in [-0.25, -0.2) is 0 Å². The molecule has 2 heteroatoms. The third-order valence-electron chi connectivity index (χ3n) is 1.67. The summed E-state index contributed by atoms with van der Waals surface area (Å²) in [5, 5.41) is 0. The van der Waals surface area contributed by atoms with Crippen molar-refractivity contribution in [2.45, 2.75) is 12.5 Å². The normalized spacial score (nSPS) is 13.3. The number of fused-ring (bicyclic) bond motifs is 1. The van der Waals surface area contributed by atoms with Crippen LogP contribution >= 0.6 is 11.6 Å². The van der Waals surface area contributed by atoms with Crippen LogP contribution in [0.2, 0.25) is 0 Å². The number of benzene rings is 1. The highest BCUT2D eigenvalue weighted by atomic mass is 35.5. The van der Waals surface area contributed by atoms with Crippen molar-refractivity contribution < 1.29 is 4.74 Å². The molecule has 0 fully saturated rings. The van der Waals surface area contributed by atoms with E-state index >= 15 is 0 Å². The summed E-state index contributed by atoms with van der Waals surface area (Å²) in [6, 6.07) is 6.09. The molecule has 0 aliphatic carbocycles. The van der Waals surface area contributed by atoms with Crippen LogP contribution in [-0.4, -0.2) is 0 Å². The summed E-state index contributed by atoms with van der Waals surface area (Å²) < 4.78 is 5.16. The van der Waals surface area contributed by atoms with E-state index in [9.17, 15) is 0 Å². The fourth-order valence-electron chi connectivity index (χ4n) is 1.01. The van der Waals surface area contributed by atoms with Crippen LogP contribution in [0, 0.1) is 0 Å². The average molecular weight is 155 g/mol. The zero-order valence-corrected chi connectivity index (χ0v) is 6.19. The van der Waals surface area contributed by atoms with E-state index < -0.39 is 0 Å². The minimum atomic E-state index is 0.566. The quantitative estimate of drug-likeness (QED) is 0.564. The van der Waals surface area contributed by atoms with Crippen molar-refractivity contribution in [2.75, 3.05) is 0 Å². The molecule has 0 saturated carbocycles. The van der Waals surface area contributed by atoms with E-state index in [0.29, 0.717) is 5.88 Å². The number of alkyl halides is 1. The zero-order valence-electron chi connectivity index (χ0n) is 5.43. The lowest BCUT2D eigenvalue weighted by molar-refractivity contribution is 0.243. The van der Waals surface area contributed by atoms with Gasteiger partial charge in [-0.05, 0) is 11.6 Å². The van der Waals surface area contributed by atoms with Gasteiger partial charge in [0.15, 0.2) is 0 Å². The van der Waals surface area contributed by atoms with Gasteiger partial charge in [-0.3, -0.25) is 0 Å². The first kappa shape index (κ1) is 6.05. The van der Waals surface area contributed by atoms with Crippen LogP contribution in [-0.2, 0) is 12.5 Å². The van der Waals surface area contributed by atoms with Gasteiger partial charge in [0, 0.05) is 11.4 Å². The molecule has 2 rings (SSSR count). The molecule has 0 atom stereocenters. The predicted molar refractivity (Wildman–Crippen MR) is 40.3 cm³/mol. The van der Waals surface area contributed by atoms with Gasteiger partial charge in [-0.15, -0.1) is 11.6 Å². The van der Waals surface area contributed by atoms with Crippen molar-refractivity contribution in [2.24, 2.45) is 0 Å². The van der Waals surface area contributed by atoms with E-state index in [1.165, 1.54) is 5.56 Å². The standard InChI is InChI=1S/C8H7ClO/c9-4-6-1-2-7-5-10-8(7)3-6/h1-3H,4-5H2. The number of ether oxygens (including phenoxy) is 1. The maximum Gasteiger partial charge on any atom is 0.126 e. The van der Waals surface area contributed by atoms with E-state index in [-0.39, 0.29) is 0 Å². The molecule has 0 saturated heterocycles. The molecule has 52 valence electrons. The van der Waals surface area contributed by atoms with E-state index in [2.05, 4.69) is 6.07 Å². The Hall–Kier alpha value is -0.690. The summed E-state index contributed by atoms with van der Waals surface area (Å²) >= 11 is 5.62. The smallest absolute Gasteiger partial charge is 0.126 e. The molecule has 10 heavy (non-hydrogen) atoms. The highest BCUT2D eigenvalue weighted by Gasteiger charge is 2.13. The molecule has 0 unspecified atom stereocenters. The molecular formula is C8H7ClO. The minimum Gasteiger partial charge on any atom is -0.488 e. The third-order valence-corrected chi connectivity index (χ3v) is 1.98. The van der Waals surface area contributed by atoms with Crippen LogP contribution in [0.1, 0.15) is 11.1 Å². The molecule has 0 spiro atoms. The van der Waals surface area contributed by atoms with Crippen LogP contribution in [0.4, 0.5) is 0 Å². The fourth-order valence-corrected chi connectivity index (χ4v) is 1.18. The summed E-state index contributed by atoms with van der Waals surface area (Å²) in [4.78, 5) is 0. The first-order valence-corrected chi connectivity index (χ1v) is 3.74. The van der Waals surface area contributed by atoms with Gasteiger partial charge in [0.25, 0.3) is 0 Å². The van der Waals surface area contributed by atoms with Gasteiger partial charge in [0.05, 0.1) is 0 Å². The van der Waals surface area contributed by atoms with Gasteiger partial charge in [-0.1, -0.05) is 12.1 Å². The highest BCUT2D eigenvalue weighted by molar-refractivity contribution is 6.17. The van der Waals surface area contributed by atoms with Crippen LogP contribution < -0.4 is 4.74 Å². The number of hydrogen-bond acceptors (Lipinski definition) is 1. The average Bonchev–Trinajstić information content (AvgIpc) is 1.92. The molecule has 0 amide bonds. The van der Waals surface area contributed by atoms with Crippen LogP contribution in [0.3, 0.4) is 0 Å². The molecule has 1 aromatic carbocycles. The molecule has 0 bridgehead atoms. The summed E-state index contributed by atoms with van der Waals surface area (Å²) in [6.45, 7) is 0.762. The Labute approximate surface area is 64.6 Å². The zero-order chi connectivity index (χ0) is 6.97. The first-order valence-electron chi connectivity index (χ1n) is 3.21. The van der Waals surface area contributed by atoms with Gasteiger partial charge < -0.3 is 4.74 Å². The van der Waals surface area contributed by atoms with Crippen molar-refractivity contribution in [3.05, 3.63) is 29.3 Å². The predicted octanol–water partition coefficient (Wildman–Crippen LogP) is 2.32. The Morgan fingerprint density at radius 1 is 1.50 bits per heavy atom. The Morgan fingerprint density at radius 3 is 2.90 bits per heavy atom. The number of rotatable bonds is 1. The van der Waals surface area contributed by atoms with E-state index in [1.807, 2.05) is 12.1 Å². The lowest BCUT2D eigenvalue weighted by Crippen LogP contribution is -2.08. The Bertz CT molecular complexity index is 257. The fraction of sp³-hybridized carbons (Fsp3) is 0.250. The van der Waals surface area contributed by atoms with E-state index in [0.717, 1.165) is 17.9 Å². The van der Waals surface area contributed by atoms with Crippen LogP contribution in [0.15, 0.2) is 18.2 Å². The second-order valence-corrected chi connectivity index (χ2v) is 2.63. The maximum absolute atomic E-state index is 5.62. The van der Waals surface area contributed by atoms with Gasteiger partial charge >= 0.3 is 0 Å². The molecule has 1 heterocycles. The molecule has 1 nitrogen and oxygen atoms in total. The Balaban J connectivity index is 2.42. The summed E-state index contributed by atoms with van der Waals surface area (Å²) in [5.41, 5.74) is 2.41. The van der Waals surface area contributed by atoms with Gasteiger partial charge in [-0.2, -0.15) is 0 Å². The van der Waals surface area contributed by atoms with Gasteiger partial charge in [0.1, 0.15) is 12.4 Å². The SMILES string of the molecule is ClCc1ccc2c(c1)OC2. The van der Waals surface area contributed by atoms with Crippen molar-refractivity contribution in [1.29, 1.82) is 0 Å². The van der Waals surface area contributed by atoms with Gasteiger partial charge in [0.2, 0.25) is 0 Å². The molecule has 1 aromatic rings. The topological polar surface area (TPSA) is 9.23 Å². The van der Waals surface area contributed by atoms with Crippen LogP contribution in [0.5, 0.6) is 5.75 Å². The van der Waals surface area contributed by atoms with E-state index in [1.54, 1.807) is 0 Å². The first-order chi connectivity index (χ1) is 4.90. The largest absolute Gasteiger partial charge is 0.488 e. The number of halogens is 1. The summed E-state index contributed by atoms with van der Waals surface area (Å²) in [6.07, 6.45) is 0. The molecule has 0 aromatic heterocycles.